The highest BCUT2D eigenvalue weighted by Gasteiger charge is 2.30. The summed E-state index contributed by atoms with van der Waals surface area (Å²) in [5.41, 5.74) is 1.43. The molecule has 6 nitrogen and oxygen atoms in total. The Labute approximate surface area is 140 Å². The van der Waals surface area contributed by atoms with Crippen molar-refractivity contribution in [2.75, 3.05) is 20.1 Å². The normalized spacial score (nSPS) is 17.3. The average molecular weight is 337 g/mol. The van der Waals surface area contributed by atoms with Gasteiger partial charge in [-0.05, 0) is 44.5 Å². The molecule has 0 aliphatic carbocycles. The van der Waals surface area contributed by atoms with Crippen molar-refractivity contribution in [3.05, 3.63) is 46.0 Å². The number of likely N-dealkylation sites (N-methyl/N-ethyl adjacent to an activating group) is 1. The maximum Gasteiger partial charge on any atom is 0.270 e. The van der Waals surface area contributed by atoms with Gasteiger partial charge in [-0.3, -0.25) is 14.0 Å². The number of fused-ring (bicyclic) bond motifs is 1. The second-order valence-corrected chi connectivity index (χ2v) is 5.76. The van der Waals surface area contributed by atoms with Gasteiger partial charge in [0.15, 0.2) is 0 Å². The molecule has 0 radical (unpaired) electrons. The Balaban J connectivity index is 0.00000192. The van der Waals surface area contributed by atoms with Crippen LogP contribution in [0, 0.1) is 6.92 Å². The summed E-state index contributed by atoms with van der Waals surface area (Å²) >= 11 is 0. The molecule has 124 valence electrons. The number of amides is 1. The van der Waals surface area contributed by atoms with E-state index in [0.29, 0.717) is 12.2 Å². The lowest BCUT2D eigenvalue weighted by atomic mass is 10.2. The third-order valence-electron chi connectivity index (χ3n) is 4.17. The van der Waals surface area contributed by atoms with Crippen LogP contribution in [0.2, 0.25) is 0 Å². The van der Waals surface area contributed by atoms with Gasteiger partial charge in [-0.1, -0.05) is 0 Å². The fourth-order valence-corrected chi connectivity index (χ4v) is 3.03. The molecule has 2 aromatic heterocycles. The summed E-state index contributed by atoms with van der Waals surface area (Å²) in [5, 5.41) is 3.10. The second kappa shape index (κ2) is 7.10. The first-order valence-electron chi connectivity index (χ1n) is 7.55. The van der Waals surface area contributed by atoms with Crippen LogP contribution in [0.4, 0.5) is 0 Å². The molecule has 1 unspecified atom stereocenters. The van der Waals surface area contributed by atoms with Crippen molar-refractivity contribution in [1.82, 2.24) is 19.6 Å². The zero-order chi connectivity index (χ0) is 15.7. The van der Waals surface area contributed by atoms with Crippen LogP contribution in [0.15, 0.2) is 29.3 Å². The molecule has 0 saturated carbocycles. The SMILES string of the molecule is CNCC1CCCN1C(=O)c1cnc2cc(C)ccn2c1=O.Cl. The van der Waals surface area contributed by atoms with E-state index < -0.39 is 0 Å². The summed E-state index contributed by atoms with van der Waals surface area (Å²) in [6, 6.07) is 3.81. The summed E-state index contributed by atoms with van der Waals surface area (Å²) in [7, 11) is 1.87. The van der Waals surface area contributed by atoms with Gasteiger partial charge >= 0.3 is 0 Å². The number of likely N-dealkylation sites (tertiary alicyclic amines) is 1. The number of nitrogens with zero attached hydrogens (tertiary/aromatic N) is 3. The number of hydrogen-bond donors (Lipinski definition) is 1. The molecule has 1 N–H and O–H groups in total. The fourth-order valence-electron chi connectivity index (χ4n) is 3.03. The Morgan fingerprint density at radius 1 is 1.48 bits per heavy atom. The van der Waals surface area contributed by atoms with Crippen LogP contribution in [0.1, 0.15) is 28.8 Å². The molecular weight excluding hydrogens is 316 g/mol. The first-order chi connectivity index (χ1) is 10.6. The zero-order valence-corrected chi connectivity index (χ0v) is 14.1. The fraction of sp³-hybridized carbons (Fsp3) is 0.438. The van der Waals surface area contributed by atoms with Gasteiger partial charge in [0.1, 0.15) is 11.2 Å². The summed E-state index contributed by atoms with van der Waals surface area (Å²) in [6.07, 6.45) is 5.02. The maximum absolute atomic E-state index is 12.7. The third kappa shape index (κ3) is 3.23. The minimum atomic E-state index is -0.301. The lowest BCUT2D eigenvalue weighted by Crippen LogP contribution is -2.43. The molecule has 1 fully saturated rings. The van der Waals surface area contributed by atoms with Crippen molar-refractivity contribution in [3.63, 3.8) is 0 Å². The topological polar surface area (TPSA) is 66.7 Å². The lowest BCUT2D eigenvalue weighted by Gasteiger charge is -2.24. The van der Waals surface area contributed by atoms with Crippen LogP contribution < -0.4 is 10.9 Å². The van der Waals surface area contributed by atoms with Gasteiger partial charge in [0.25, 0.3) is 11.5 Å². The van der Waals surface area contributed by atoms with E-state index in [9.17, 15) is 9.59 Å². The molecule has 0 bridgehead atoms. The minimum Gasteiger partial charge on any atom is -0.334 e. The molecule has 1 atom stereocenters. The Kier molecular flexibility index (Phi) is 5.38. The van der Waals surface area contributed by atoms with Crippen molar-refractivity contribution in [2.24, 2.45) is 0 Å². The standard InChI is InChI=1S/C16H20N4O2.ClH/c1-11-5-7-20-14(8-11)18-10-13(16(20)22)15(21)19-6-3-4-12(19)9-17-2;/h5,7-8,10,12,17H,3-4,6,9H2,1-2H3;1H. The Morgan fingerprint density at radius 3 is 3.00 bits per heavy atom. The summed E-state index contributed by atoms with van der Waals surface area (Å²) in [4.78, 5) is 31.3. The van der Waals surface area contributed by atoms with Crippen molar-refractivity contribution < 1.29 is 4.79 Å². The lowest BCUT2D eigenvalue weighted by molar-refractivity contribution is 0.0734. The zero-order valence-electron chi connectivity index (χ0n) is 13.3. The van der Waals surface area contributed by atoms with Crippen LogP contribution >= 0.6 is 12.4 Å². The number of aromatic nitrogens is 2. The third-order valence-corrected chi connectivity index (χ3v) is 4.17. The molecular formula is C16H21ClN4O2. The van der Waals surface area contributed by atoms with Crippen molar-refractivity contribution in [3.8, 4) is 0 Å². The Morgan fingerprint density at radius 2 is 2.26 bits per heavy atom. The molecule has 3 heterocycles. The highest BCUT2D eigenvalue weighted by molar-refractivity contribution is 5.94. The Hall–Kier alpha value is -1.92. The van der Waals surface area contributed by atoms with E-state index >= 15 is 0 Å². The molecule has 1 aliphatic heterocycles. The van der Waals surface area contributed by atoms with Crippen LogP contribution in [-0.2, 0) is 0 Å². The van der Waals surface area contributed by atoms with E-state index in [1.165, 1.54) is 10.6 Å². The smallest absolute Gasteiger partial charge is 0.270 e. The number of hydrogen-bond acceptors (Lipinski definition) is 4. The predicted molar refractivity (Wildman–Crippen MR) is 91.4 cm³/mol. The predicted octanol–water partition coefficient (Wildman–Crippen LogP) is 1.25. The summed E-state index contributed by atoms with van der Waals surface area (Å²) in [5.74, 6) is -0.217. The number of carbonyl (C=O) groups is 1. The van der Waals surface area contributed by atoms with Crippen molar-refractivity contribution >= 4 is 24.0 Å². The molecule has 1 saturated heterocycles. The quantitative estimate of drug-likeness (QED) is 0.916. The van der Waals surface area contributed by atoms with Crippen molar-refractivity contribution in [1.29, 1.82) is 0 Å². The first-order valence-corrected chi connectivity index (χ1v) is 7.55. The van der Waals surface area contributed by atoms with Crippen LogP contribution in [0.5, 0.6) is 0 Å². The van der Waals surface area contributed by atoms with Gasteiger partial charge < -0.3 is 10.2 Å². The maximum atomic E-state index is 12.7. The molecule has 2 aromatic rings. The minimum absolute atomic E-state index is 0. The van der Waals surface area contributed by atoms with E-state index in [1.807, 2.05) is 26.1 Å². The molecule has 7 heteroatoms. The monoisotopic (exact) mass is 336 g/mol. The van der Waals surface area contributed by atoms with Gasteiger partial charge in [-0.15, -0.1) is 12.4 Å². The van der Waals surface area contributed by atoms with E-state index in [1.54, 1.807) is 11.1 Å². The van der Waals surface area contributed by atoms with Crippen LogP contribution in [0.3, 0.4) is 0 Å². The van der Waals surface area contributed by atoms with Crippen molar-refractivity contribution in [2.45, 2.75) is 25.8 Å². The first kappa shape index (κ1) is 17.4. The van der Waals surface area contributed by atoms with E-state index in [-0.39, 0.29) is 35.5 Å². The van der Waals surface area contributed by atoms with E-state index in [4.69, 9.17) is 0 Å². The molecule has 3 rings (SSSR count). The van der Waals surface area contributed by atoms with Gasteiger partial charge in [-0.2, -0.15) is 0 Å². The summed E-state index contributed by atoms with van der Waals surface area (Å²) < 4.78 is 1.43. The highest BCUT2D eigenvalue weighted by atomic mass is 35.5. The molecule has 0 aromatic carbocycles. The van der Waals surface area contributed by atoms with Crippen LogP contribution in [-0.4, -0.2) is 46.4 Å². The number of nitrogens with one attached hydrogen (secondary N) is 1. The molecule has 23 heavy (non-hydrogen) atoms. The second-order valence-electron chi connectivity index (χ2n) is 5.76. The molecule has 1 amide bonds. The van der Waals surface area contributed by atoms with Gasteiger partial charge in [0, 0.05) is 31.5 Å². The molecule has 0 spiro atoms. The van der Waals surface area contributed by atoms with Gasteiger partial charge in [-0.25, -0.2) is 4.98 Å². The highest BCUT2D eigenvalue weighted by Crippen LogP contribution is 2.18. The number of pyridine rings is 1. The number of halogens is 1. The van der Waals surface area contributed by atoms with E-state index in [2.05, 4.69) is 10.3 Å². The number of carbonyl (C=O) groups excluding carboxylic acids is 1. The van der Waals surface area contributed by atoms with Crippen LogP contribution in [0.25, 0.3) is 5.65 Å². The summed E-state index contributed by atoms with van der Waals surface area (Å²) in [6.45, 7) is 3.38. The average Bonchev–Trinajstić information content (AvgIpc) is 2.95. The largest absolute Gasteiger partial charge is 0.334 e. The number of aryl methyl sites for hydroxylation is 1. The van der Waals surface area contributed by atoms with E-state index in [0.717, 1.165) is 24.9 Å². The number of rotatable bonds is 3. The Bertz CT molecular complexity index is 774. The van der Waals surface area contributed by atoms with Gasteiger partial charge in [0.05, 0.1) is 0 Å². The van der Waals surface area contributed by atoms with Gasteiger partial charge in [0.2, 0.25) is 0 Å². The molecule has 1 aliphatic rings.